The number of aliphatic hydroxyl groups is 1. The van der Waals surface area contributed by atoms with Crippen molar-refractivity contribution in [2.24, 2.45) is 15.9 Å². The highest BCUT2D eigenvalue weighted by Gasteiger charge is 2.48. The van der Waals surface area contributed by atoms with Crippen molar-refractivity contribution in [2.45, 2.75) is 38.3 Å². The average molecular weight is 469 g/mol. The molecule has 0 bridgehead atoms. The molecular formula is C25H33FN6O2. The Balaban J connectivity index is 1.67. The highest BCUT2D eigenvalue weighted by atomic mass is 19.1. The van der Waals surface area contributed by atoms with Crippen molar-refractivity contribution in [2.75, 3.05) is 50.2 Å². The molecule has 34 heavy (non-hydrogen) atoms. The molecule has 2 aromatic rings. The molecule has 2 heterocycles. The summed E-state index contributed by atoms with van der Waals surface area (Å²) in [5.74, 6) is 2.06. The van der Waals surface area contributed by atoms with Gasteiger partial charge < -0.3 is 19.6 Å². The van der Waals surface area contributed by atoms with Crippen molar-refractivity contribution in [1.82, 2.24) is 9.97 Å². The molecule has 0 radical (unpaired) electrons. The number of aliphatic hydroxyl groups excluding tert-OH is 1. The molecule has 2 aliphatic rings. The van der Waals surface area contributed by atoms with Gasteiger partial charge in [-0.2, -0.15) is 0 Å². The maximum atomic E-state index is 15.0. The molecule has 4 rings (SSSR count). The fourth-order valence-corrected chi connectivity index (χ4v) is 4.45. The Labute approximate surface area is 199 Å². The Hall–Kier alpha value is -3.07. The molecule has 1 aromatic heterocycles. The summed E-state index contributed by atoms with van der Waals surface area (Å²) in [7, 11) is 3.58. The van der Waals surface area contributed by atoms with E-state index in [2.05, 4.69) is 26.6 Å². The maximum Gasteiger partial charge on any atom is 0.170 e. The van der Waals surface area contributed by atoms with Crippen molar-refractivity contribution in [3.63, 3.8) is 0 Å². The second kappa shape index (κ2) is 10.0. The highest BCUT2D eigenvalue weighted by Crippen LogP contribution is 2.49. The first kappa shape index (κ1) is 24.1. The summed E-state index contributed by atoms with van der Waals surface area (Å²) in [5.41, 5.74) is 1.18. The number of alkyl halides is 1. The molecule has 0 spiro atoms. The molecule has 1 saturated carbocycles. The largest absolute Gasteiger partial charge is 0.499 e. The summed E-state index contributed by atoms with van der Waals surface area (Å²) in [6.07, 6.45) is 4.11. The Bertz CT molecular complexity index is 1110. The van der Waals surface area contributed by atoms with E-state index >= 15 is 4.39 Å². The SMILES string of the molecule is C=NC=N/C(=C(\C)OC)C1CCN(c2nc(C3(F)CC3)nc3ccc(N(C)CCO)cc23)CC1. The molecule has 1 saturated heterocycles. The first-order valence-corrected chi connectivity index (χ1v) is 11.7. The first-order valence-electron chi connectivity index (χ1n) is 11.7. The number of aliphatic imine (C=N–C) groups is 2. The molecule has 1 aromatic carbocycles. The average Bonchev–Trinajstić information content (AvgIpc) is 3.62. The number of aromatic nitrogens is 2. The number of nitrogens with zero attached hydrogens (tertiary/aromatic N) is 6. The normalized spacial score (nSPS) is 18.8. The zero-order valence-corrected chi connectivity index (χ0v) is 20.2. The van der Waals surface area contributed by atoms with Gasteiger partial charge in [0, 0.05) is 43.7 Å². The van der Waals surface area contributed by atoms with Gasteiger partial charge in [-0.05, 0) is 57.5 Å². The third-order valence-electron chi connectivity index (χ3n) is 6.75. The van der Waals surface area contributed by atoms with Gasteiger partial charge in [-0.3, -0.25) is 4.99 Å². The smallest absolute Gasteiger partial charge is 0.170 e. The number of anilines is 2. The molecule has 1 N–H and O–H groups in total. The van der Waals surface area contributed by atoms with Gasteiger partial charge in [-0.15, -0.1) is 0 Å². The molecule has 182 valence electrons. The van der Waals surface area contributed by atoms with Gasteiger partial charge in [0.15, 0.2) is 11.5 Å². The van der Waals surface area contributed by atoms with Crippen molar-refractivity contribution in [1.29, 1.82) is 0 Å². The number of hydrogen-bond donors (Lipinski definition) is 1. The third-order valence-corrected chi connectivity index (χ3v) is 6.75. The Kier molecular flexibility index (Phi) is 7.11. The Morgan fingerprint density at radius 2 is 2.09 bits per heavy atom. The molecule has 2 fully saturated rings. The van der Waals surface area contributed by atoms with Crippen LogP contribution in [0.25, 0.3) is 10.9 Å². The van der Waals surface area contributed by atoms with Crippen LogP contribution in [0.2, 0.25) is 0 Å². The minimum Gasteiger partial charge on any atom is -0.499 e. The van der Waals surface area contributed by atoms with Gasteiger partial charge in [0.05, 0.1) is 24.9 Å². The Morgan fingerprint density at radius 3 is 2.71 bits per heavy atom. The van der Waals surface area contributed by atoms with E-state index in [0.29, 0.717) is 19.4 Å². The zero-order valence-electron chi connectivity index (χ0n) is 20.2. The second-order valence-electron chi connectivity index (χ2n) is 9.02. The van der Waals surface area contributed by atoms with Gasteiger partial charge in [0.25, 0.3) is 0 Å². The standard InChI is InChI=1S/C25H33FN6O2/c1-17(34-4)22(28-16-27-2)18-7-11-32(12-8-18)23-20-15-19(31(3)13-14-33)5-6-21(20)29-24(30-23)25(26)9-10-25/h5-6,15-16,18,33H,2,7-14H2,1,3-4H3/b22-17+,28-16?. The predicted molar refractivity (Wildman–Crippen MR) is 135 cm³/mol. The summed E-state index contributed by atoms with van der Waals surface area (Å²) in [5, 5.41) is 10.2. The van der Waals surface area contributed by atoms with E-state index in [1.165, 1.54) is 6.34 Å². The molecule has 0 amide bonds. The summed E-state index contributed by atoms with van der Waals surface area (Å²) in [6.45, 7) is 7.48. The molecule has 9 heteroatoms. The Morgan fingerprint density at radius 1 is 1.35 bits per heavy atom. The fraction of sp³-hybridized carbons (Fsp3) is 0.520. The lowest BCUT2D eigenvalue weighted by atomic mass is 9.92. The van der Waals surface area contributed by atoms with Gasteiger partial charge in [-0.25, -0.2) is 19.4 Å². The van der Waals surface area contributed by atoms with E-state index in [0.717, 1.165) is 59.8 Å². The van der Waals surface area contributed by atoms with Gasteiger partial charge >= 0.3 is 0 Å². The van der Waals surface area contributed by atoms with Crippen LogP contribution in [0, 0.1) is 5.92 Å². The number of allylic oxidation sites excluding steroid dienone is 2. The van der Waals surface area contributed by atoms with Crippen LogP contribution < -0.4 is 9.80 Å². The van der Waals surface area contributed by atoms with E-state index in [-0.39, 0.29) is 18.3 Å². The number of rotatable bonds is 9. The maximum absolute atomic E-state index is 15.0. The minimum atomic E-state index is -1.41. The van der Waals surface area contributed by atoms with E-state index in [1.807, 2.05) is 37.1 Å². The van der Waals surface area contributed by atoms with Crippen molar-refractivity contribution >= 4 is 35.5 Å². The topological polar surface area (TPSA) is 86.4 Å². The van der Waals surface area contributed by atoms with Crippen molar-refractivity contribution < 1.29 is 14.2 Å². The van der Waals surface area contributed by atoms with Crippen LogP contribution in [-0.2, 0) is 10.4 Å². The summed E-state index contributed by atoms with van der Waals surface area (Å²) in [6, 6.07) is 5.92. The van der Waals surface area contributed by atoms with Gasteiger partial charge in [0.2, 0.25) is 0 Å². The molecular weight excluding hydrogens is 435 g/mol. The molecule has 0 atom stereocenters. The number of benzene rings is 1. The van der Waals surface area contributed by atoms with Crippen LogP contribution >= 0.6 is 0 Å². The van der Waals surface area contributed by atoms with Gasteiger partial charge in [-0.1, -0.05) is 0 Å². The van der Waals surface area contributed by atoms with Crippen LogP contribution in [0.15, 0.2) is 39.6 Å². The first-order chi connectivity index (χ1) is 16.4. The molecule has 8 nitrogen and oxygen atoms in total. The second-order valence-corrected chi connectivity index (χ2v) is 9.02. The van der Waals surface area contributed by atoms with Crippen LogP contribution in [0.1, 0.15) is 38.4 Å². The lowest BCUT2D eigenvalue weighted by Gasteiger charge is -2.34. The quantitative estimate of drug-likeness (QED) is 0.342. The van der Waals surface area contributed by atoms with E-state index in [4.69, 9.17) is 9.72 Å². The number of methoxy groups -OCH3 is 1. The predicted octanol–water partition coefficient (Wildman–Crippen LogP) is 3.84. The minimum absolute atomic E-state index is 0.0648. The van der Waals surface area contributed by atoms with Crippen molar-refractivity contribution in [3.05, 3.63) is 35.5 Å². The van der Waals surface area contributed by atoms with Crippen molar-refractivity contribution in [3.8, 4) is 0 Å². The number of ether oxygens (including phenoxy) is 1. The number of halogens is 1. The van der Waals surface area contributed by atoms with E-state index in [9.17, 15) is 5.11 Å². The lowest BCUT2D eigenvalue weighted by molar-refractivity contribution is 0.278. The van der Waals surface area contributed by atoms with Crippen LogP contribution in [0.3, 0.4) is 0 Å². The number of piperidine rings is 1. The van der Waals surface area contributed by atoms with Crippen LogP contribution in [0.5, 0.6) is 0 Å². The highest BCUT2D eigenvalue weighted by molar-refractivity contribution is 5.92. The zero-order chi connectivity index (χ0) is 24.3. The summed E-state index contributed by atoms with van der Waals surface area (Å²) in [4.78, 5) is 21.8. The molecule has 0 unspecified atom stereocenters. The number of hydrogen-bond acceptors (Lipinski definition) is 7. The monoisotopic (exact) mass is 468 g/mol. The van der Waals surface area contributed by atoms with Crippen LogP contribution in [0.4, 0.5) is 15.9 Å². The molecule has 1 aliphatic carbocycles. The fourth-order valence-electron chi connectivity index (χ4n) is 4.45. The van der Waals surface area contributed by atoms with E-state index < -0.39 is 5.67 Å². The number of fused-ring (bicyclic) bond motifs is 1. The van der Waals surface area contributed by atoms with E-state index in [1.54, 1.807) is 7.11 Å². The third kappa shape index (κ3) is 4.89. The lowest BCUT2D eigenvalue weighted by Crippen LogP contribution is -2.35. The van der Waals surface area contributed by atoms with Crippen LogP contribution in [-0.4, -0.2) is 68.5 Å². The summed E-state index contributed by atoms with van der Waals surface area (Å²) < 4.78 is 20.5. The number of likely N-dealkylation sites (N-methyl/N-ethyl adjacent to an activating group) is 1. The molecule has 1 aliphatic heterocycles. The van der Waals surface area contributed by atoms with Gasteiger partial charge in [0.1, 0.15) is 17.9 Å². The summed E-state index contributed by atoms with van der Waals surface area (Å²) >= 11 is 0.